The van der Waals surface area contributed by atoms with Crippen molar-refractivity contribution in [1.82, 2.24) is 0 Å². The Bertz CT molecular complexity index is 626. The lowest BCUT2D eigenvalue weighted by molar-refractivity contribution is -0.207. The number of rotatable bonds is 1. The number of nitrogens with two attached hydrogens (primary N) is 3. The Morgan fingerprint density at radius 1 is 1.27 bits per heavy atom. The van der Waals surface area contributed by atoms with Crippen LogP contribution in [0.1, 0.15) is 18.1 Å². The van der Waals surface area contributed by atoms with Crippen LogP contribution >= 0.6 is 0 Å². The van der Waals surface area contributed by atoms with Gasteiger partial charge in [0.25, 0.3) is 0 Å². The number of benzene rings is 1. The number of hydrogen-bond donors (Lipinski definition) is 4. The number of ether oxygens (including phenoxy) is 1. The summed E-state index contributed by atoms with van der Waals surface area (Å²) in [5.74, 6) is -0.560. The molecule has 2 atom stereocenters. The number of hydrogen-bond acceptors (Lipinski definition) is 3. The standard InChI is InChI=1S/C12H14F3N5O2/c13-12(14,15)9-4-7(21)6-3-5(1-2-8(6)22-9)19-11(18)20-10(16)17/h1-3,7,9,21H,4H2,(H6,16,17,18,19,20). The predicted octanol–water partition coefficient (Wildman–Crippen LogP) is 0.653. The lowest BCUT2D eigenvalue weighted by Gasteiger charge is -2.30. The van der Waals surface area contributed by atoms with Crippen LogP contribution in [0.3, 0.4) is 0 Å². The molecule has 120 valence electrons. The fraction of sp³-hybridized carbons (Fsp3) is 0.333. The molecule has 1 aliphatic rings. The first-order valence-electron chi connectivity index (χ1n) is 6.16. The molecule has 10 heteroatoms. The number of halogens is 3. The van der Waals surface area contributed by atoms with E-state index in [0.29, 0.717) is 0 Å². The summed E-state index contributed by atoms with van der Waals surface area (Å²) in [4.78, 5) is 7.37. The van der Waals surface area contributed by atoms with Crippen molar-refractivity contribution in [2.45, 2.75) is 24.8 Å². The van der Waals surface area contributed by atoms with Gasteiger partial charge in [0.1, 0.15) is 5.75 Å². The Balaban J connectivity index is 2.30. The second-order valence-electron chi connectivity index (χ2n) is 4.63. The molecule has 1 aromatic rings. The zero-order valence-corrected chi connectivity index (χ0v) is 11.2. The molecular formula is C12H14F3N5O2. The third-order valence-electron chi connectivity index (χ3n) is 2.91. The minimum absolute atomic E-state index is 0.0552. The van der Waals surface area contributed by atoms with Gasteiger partial charge in [-0.05, 0) is 18.2 Å². The van der Waals surface area contributed by atoms with Crippen molar-refractivity contribution in [2.24, 2.45) is 27.2 Å². The van der Waals surface area contributed by atoms with Crippen LogP contribution < -0.4 is 21.9 Å². The van der Waals surface area contributed by atoms with Crippen LogP contribution in [0.2, 0.25) is 0 Å². The molecule has 0 saturated carbocycles. The second kappa shape index (κ2) is 5.72. The van der Waals surface area contributed by atoms with E-state index < -0.39 is 24.8 Å². The lowest BCUT2D eigenvalue weighted by atomic mass is 9.98. The van der Waals surface area contributed by atoms with E-state index in [2.05, 4.69) is 9.98 Å². The van der Waals surface area contributed by atoms with Gasteiger partial charge in [-0.2, -0.15) is 18.2 Å². The molecular weight excluding hydrogens is 303 g/mol. The summed E-state index contributed by atoms with van der Waals surface area (Å²) < 4.78 is 42.9. The molecule has 0 spiro atoms. The Labute approximate surface area is 123 Å². The largest absolute Gasteiger partial charge is 0.480 e. The number of aliphatic imine (C=N–C) groups is 2. The molecule has 22 heavy (non-hydrogen) atoms. The van der Waals surface area contributed by atoms with Gasteiger partial charge in [0.15, 0.2) is 12.1 Å². The van der Waals surface area contributed by atoms with E-state index in [0.717, 1.165) is 0 Å². The zero-order valence-electron chi connectivity index (χ0n) is 11.2. The summed E-state index contributed by atoms with van der Waals surface area (Å²) in [5.41, 5.74) is 16.2. The van der Waals surface area contributed by atoms with Gasteiger partial charge in [0, 0.05) is 12.0 Å². The maximum absolute atomic E-state index is 12.7. The minimum atomic E-state index is -4.55. The van der Waals surface area contributed by atoms with E-state index >= 15 is 0 Å². The number of aliphatic hydroxyl groups is 1. The van der Waals surface area contributed by atoms with E-state index in [1.807, 2.05) is 0 Å². The van der Waals surface area contributed by atoms with Crippen LogP contribution in [0.4, 0.5) is 18.9 Å². The molecule has 0 fully saturated rings. The Hall–Kier alpha value is -2.49. The highest BCUT2D eigenvalue weighted by molar-refractivity contribution is 5.93. The highest BCUT2D eigenvalue weighted by Crippen LogP contribution is 2.41. The number of nitrogens with zero attached hydrogens (tertiary/aromatic N) is 2. The van der Waals surface area contributed by atoms with Crippen molar-refractivity contribution in [2.75, 3.05) is 0 Å². The molecule has 2 unspecified atom stereocenters. The van der Waals surface area contributed by atoms with Gasteiger partial charge < -0.3 is 27.0 Å². The molecule has 0 saturated heterocycles. The molecule has 0 amide bonds. The molecule has 1 aromatic carbocycles. The van der Waals surface area contributed by atoms with Gasteiger partial charge >= 0.3 is 6.18 Å². The Kier molecular flexibility index (Phi) is 4.13. The predicted molar refractivity (Wildman–Crippen MR) is 73.6 cm³/mol. The van der Waals surface area contributed by atoms with Gasteiger partial charge in [-0.1, -0.05) is 0 Å². The Morgan fingerprint density at radius 3 is 2.55 bits per heavy atom. The van der Waals surface area contributed by atoms with Gasteiger partial charge in [0.05, 0.1) is 11.8 Å². The first-order chi connectivity index (χ1) is 10.2. The number of fused-ring (bicyclic) bond motifs is 1. The van der Waals surface area contributed by atoms with Crippen molar-refractivity contribution >= 4 is 17.6 Å². The minimum Gasteiger partial charge on any atom is -0.480 e. The maximum Gasteiger partial charge on any atom is 0.425 e. The highest BCUT2D eigenvalue weighted by atomic mass is 19.4. The van der Waals surface area contributed by atoms with Gasteiger partial charge in [0.2, 0.25) is 5.96 Å². The Morgan fingerprint density at radius 2 is 1.95 bits per heavy atom. The van der Waals surface area contributed by atoms with Gasteiger partial charge in [-0.3, -0.25) is 0 Å². The monoisotopic (exact) mass is 317 g/mol. The van der Waals surface area contributed by atoms with Crippen LogP contribution in [-0.4, -0.2) is 29.3 Å². The van der Waals surface area contributed by atoms with E-state index in [4.69, 9.17) is 21.9 Å². The lowest BCUT2D eigenvalue weighted by Crippen LogP contribution is -2.38. The molecule has 0 radical (unpaired) electrons. The first-order valence-corrected chi connectivity index (χ1v) is 6.16. The average molecular weight is 317 g/mol. The number of guanidine groups is 2. The van der Waals surface area contributed by atoms with Gasteiger partial charge in [-0.25, -0.2) is 4.99 Å². The summed E-state index contributed by atoms with van der Waals surface area (Å²) in [7, 11) is 0. The van der Waals surface area contributed by atoms with Crippen LogP contribution in [0.25, 0.3) is 0 Å². The molecule has 1 heterocycles. The molecule has 7 nitrogen and oxygen atoms in total. The van der Waals surface area contributed by atoms with E-state index in [1.54, 1.807) is 0 Å². The SMILES string of the molecule is NC(N)=NC(N)=Nc1ccc2c(c1)C(O)CC(C(F)(F)F)O2. The summed E-state index contributed by atoms with van der Waals surface area (Å²) in [6.07, 6.45) is -8.51. The van der Waals surface area contributed by atoms with Crippen molar-refractivity contribution in [3.63, 3.8) is 0 Å². The van der Waals surface area contributed by atoms with Crippen LogP contribution in [-0.2, 0) is 0 Å². The van der Waals surface area contributed by atoms with E-state index in [1.165, 1.54) is 18.2 Å². The van der Waals surface area contributed by atoms with E-state index in [-0.39, 0.29) is 28.9 Å². The summed E-state index contributed by atoms with van der Waals surface area (Å²) in [6, 6.07) is 4.01. The van der Waals surface area contributed by atoms with Crippen molar-refractivity contribution < 1.29 is 23.0 Å². The topological polar surface area (TPSA) is 132 Å². The smallest absolute Gasteiger partial charge is 0.425 e. The van der Waals surface area contributed by atoms with Crippen LogP contribution in [0.15, 0.2) is 28.2 Å². The van der Waals surface area contributed by atoms with Gasteiger partial charge in [-0.15, -0.1) is 0 Å². The third-order valence-corrected chi connectivity index (χ3v) is 2.91. The molecule has 0 aliphatic carbocycles. The fourth-order valence-corrected chi connectivity index (χ4v) is 1.99. The quantitative estimate of drug-likeness (QED) is 0.446. The third kappa shape index (κ3) is 3.58. The van der Waals surface area contributed by atoms with Crippen LogP contribution in [0, 0.1) is 0 Å². The number of alkyl halides is 3. The fourth-order valence-electron chi connectivity index (χ4n) is 1.99. The molecule has 7 N–H and O–H groups in total. The average Bonchev–Trinajstić information content (AvgIpc) is 2.37. The zero-order chi connectivity index (χ0) is 16.5. The summed E-state index contributed by atoms with van der Waals surface area (Å²) >= 11 is 0. The van der Waals surface area contributed by atoms with Crippen LogP contribution in [0.5, 0.6) is 5.75 Å². The van der Waals surface area contributed by atoms with Crippen molar-refractivity contribution in [3.8, 4) is 5.75 Å². The van der Waals surface area contributed by atoms with Crippen molar-refractivity contribution in [1.29, 1.82) is 0 Å². The summed E-state index contributed by atoms with van der Waals surface area (Å²) in [5, 5.41) is 9.87. The molecule has 0 bridgehead atoms. The first kappa shape index (κ1) is 15.9. The molecule has 0 aromatic heterocycles. The normalized spacial score (nSPS) is 21.7. The van der Waals surface area contributed by atoms with E-state index in [9.17, 15) is 18.3 Å². The highest BCUT2D eigenvalue weighted by Gasteiger charge is 2.45. The maximum atomic E-state index is 12.7. The molecule has 2 rings (SSSR count). The second-order valence-corrected chi connectivity index (χ2v) is 4.63. The summed E-state index contributed by atoms with van der Waals surface area (Å²) in [6.45, 7) is 0. The molecule has 1 aliphatic heterocycles. The van der Waals surface area contributed by atoms with Crippen molar-refractivity contribution in [3.05, 3.63) is 23.8 Å². The number of aliphatic hydroxyl groups excluding tert-OH is 1.